The van der Waals surface area contributed by atoms with Gasteiger partial charge in [0.2, 0.25) is 11.8 Å². The van der Waals surface area contributed by atoms with Gasteiger partial charge in [0.25, 0.3) is 0 Å². The van der Waals surface area contributed by atoms with E-state index in [-0.39, 0.29) is 11.9 Å². The molecule has 7 nitrogen and oxygen atoms in total. The zero-order chi connectivity index (χ0) is 20.3. The normalized spacial score (nSPS) is 12.2. The summed E-state index contributed by atoms with van der Waals surface area (Å²) in [6, 6.07) is 7.53. The molecule has 0 aliphatic heterocycles. The molecule has 1 N–H and O–H groups in total. The molecule has 3 aromatic rings. The Bertz CT molecular complexity index is 996. The van der Waals surface area contributed by atoms with E-state index in [1.165, 1.54) is 0 Å². The second kappa shape index (κ2) is 8.37. The fourth-order valence-electron chi connectivity index (χ4n) is 3.61. The smallest absolute Gasteiger partial charge is 0.235 e. The Balaban J connectivity index is 1.69. The van der Waals surface area contributed by atoms with E-state index in [1.54, 1.807) is 7.11 Å². The zero-order valence-electron chi connectivity index (χ0n) is 17.1. The van der Waals surface area contributed by atoms with Crippen LogP contribution in [0.15, 0.2) is 24.3 Å². The third-order valence-corrected chi connectivity index (χ3v) is 4.94. The molecule has 0 radical (unpaired) electrons. The number of carbonyl (C=O) groups is 1. The SMILES string of the molecule is CCn1nc(C)c([C@@H](C)NC(=O)CCc2nc3ccccc3nc2OC)c1C. The molecule has 0 aliphatic rings. The zero-order valence-corrected chi connectivity index (χ0v) is 17.1. The van der Waals surface area contributed by atoms with Gasteiger partial charge >= 0.3 is 0 Å². The fourth-order valence-corrected chi connectivity index (χ4v) is 3.61. The number of amides is 1. The summed E-state index contributed by atoms with van der Waals surface area (Å²) in [4.78, 5) is 21.6. The van der Waals surface area contributed by atoms with Gasteiger partial charge in [-0.1, -0.05) is 12.1 Å². The van der Waals surface area contributed by atoms with Gasteiger partial charge in [-0.25, -0.2) is 9.97 Å². The summed E-state index contributed by atoms with van der Waals surface area (Å²) in [5, 5.41) is 7.61. The standard InChI is InChI=1S/C21H27N5O2/c1-6-26-15(4)20(14(3)25-26)13(2)22-19(27)12-11-18-21(28-5)24-17-10-8-7-9-16(17)23-18/h7-10,13H,6,11-12H2,1-5H3,(H,22,27)/t13-/m1/s1. The molecule has 0 unspecified atom stereocenters. The molecule has 0 saturated carbocycles. The largest absolute Gasteiger partial charge is 0.480 e. The minimum Gasteiger partial charge on any atom is -0.480 e. The maximum absolute atomic E-state index is 12.5. The van der Waals surface area contributed by atoms with E-state index in [0.29, 0.717) is 24.4 Å². The van der Waals surface area contributed by atoms with Gasteiger partial charge in [-0.3, -0.25) is 9.48 Å². The van der Waals surface area contributed by atoms with Crippen molar-refractivity contribution >= 4 is 16.9 Å². The number of rotatable bonds is 7. The number of methoxy groups -OCH3 is 1. The molecule has 2 aromatic heterocycles. The summed E-state index contributed by atoms with van der Waals surface area (Å²) in [6.07, 6.45) is 0.777. The molecule has 0 saturated heterocycles. The van der Waals surface area contributed by atoms with Crippen LogP contribution in [0.4, 0.5) is 0 Å². The Kier molecular flexibility index (Phi) is 5.92. The van der Waals surface area contributed by atoms with Crippen molar-refractivity contribution in [2.24, 2.45) is 0 Å². The summed E-state index contributed by atoms with van der Waals surface area (Å²) >= 11 is 0. The van der Waals surface area contributed by atoms with Crippen molar-refractivity contribution in [1.29, 1.82) is 0 Å². The van der Waals surface area contributed by atoms with Crippen molar-refractivity contribution in [2.75, 3.05) is 7.11 Å². The molecule has 0 spiro atoms. The number of nitrogens with one attached hydrogen (secondary N) is 1. The first-order valence-electron chi connectivity index (χ1n) is 9.57. The third-order valence-electron chi connectivity index (χ3n) is 4.94. The second-order valence-electron chi connectivity index (χ2n) is 6.86. The van der Waals surface area contributed by atoms with Crippen molar-refractivity contribution in [3.63, 3.8) is 0 Å². The highest BCUT2D eigenvalue weighted by Gasteiger charge is 2.19. The van der Waals surface area contributed by atoms with Crippen molar-refractivity contribution in [3.05, 3.63) is 46.9 Å². The molecule has 1 amide bonds. The van der Waals surface area contributed by atoms with Gasteiger partial charge in [-0.05, 0) is 39.8 Å². The van der Waals surface area contributed by atoms with E-state index in [4.69, 9.17) is 4.74 Å². The number of ether oxygens (including phenoxy) is 1. The topological polar surface area (TPSA) is 81.9 Å². The van der Waals surface area contributed by atoms with Crippen molar-refractivity contribution in [2.45, 2.75) is 53.1 Å². The molecule has 0 aliphatic carbocycles. The van der Waals surface area contributed by atoms with Crippen LogP contribution in [0.3, 0.4) is 0 Å². The number of aromatic nitrogens is 4. The number of fused-ring (bicyclic) bond motifs is 1. The minimum absolute atomic E-state index is 0.0347. The van der Waals surface area contributed by atoms with E-state index in [2.05, 4.69) is 27.3 Å². The van der Waals surface area contributed by atoms with Gasteiger partial charge in [-0.2, -0.15) is 5.10 Å². The van der Waals surface area contributed by atoms with Crippen LogP contribution >= 0.6 is 0 Å². The molecular formula is C21H27N5O2. The van der Waals surface area contributed by atoms with Crippen LogP contribution in [0.2, 0.25) is 0 Å². The molecule has 2 heterocycles. The van der Waals surface area contributed by atoms with Gasteiger partial charge in [-0.15, -0.1) is 0 Å². The van der Waals surface area contributed by atoms with Gasteiger partial charge in [0.1, 0.15) is 5.69 Å². The number of benzene rings is 1. The fraction of sp³-hybridized carbons (Fsp3) is 0.429. The summed E-state index contributed by atoms with van der Waals surface area (Å²) in [5.74, 6) is 0.433. The van der Waals surface area contributed by atoms with Crippen molar-refractivity contribution in [3.8, 4) is 5.88 Å². The average Bonchev–Trinajstić information content (AvgIpc) is 2.98. The van der Waals surface area contributed by atoms with E-state index < -0.39 is 0 Å². The second-order valence-corrected chi connectivity index (χ2v) is 6.86. The lowest BCUT2D eigenvalue weighted by molar-refractivity contribution is -0.121. The summed E-state index contributed by atoms with van der Waals surface area (Å²) < 4.78 is 7.33. The summed E-state index contributed by atoms with van der Waals surface area (Å²) in [7, 11) is 1.57. The van der Waals surface area contributed by atoms with E-state index >= 15 is 0 Å². The Labute approximate surface area is 165 Å². The third kappa shape index (κ3) is 3.98. The minimum atomic E-state index is -0.0996. The Morgan fingerprint density at radius 2 is 1.89 bits per heavy atom. The summed E-state index contributed by atoms with van der Waals surface area (Å²) in [5.41, 5.74) is 5.39. The van der Waals surface area contributed by atoms with Crippen LogP contribution in [0.1, 0.15) is 49.0 Å². The van der Waals surface area contributed by atoms with E-state index in [0.717, 1.165) is 34.5 Å². The molecule has 28 heavy (non-hydrogen) atoms. The van der Waals surface area contributed by atoms with Gasteiger partial charge in [0, 0.05) is 30.6 Å². The van der Waals surface area contributed by atoms with Crippen LogP contribution in [0, 0.1) is 13.8 Å². The lowest BCUT2D eigenvalue weighted by atomic mass is 10.1. The maximum Gasteiger partial charge on any atom is 0.235 e. The summed E-state index contributed by atoms with van der Waals surface area (Å²) in [6.45, 7) is 8.88. The Morgan fingerprint density at radius 3 is 2.50 bits per heavy atom. The van der Waals surface area contributed by atoms with Crippen molar-refractivity contribution < 1.29 is 9.53 Å². The molecular weight excluding hydrogens is 354 g/mol. The van der Waals surface area contributed by atoms with E-state index in [1.807, 2.05) is 49.7 Å². The Hall–Kier alpha value is -2.96. The van der Waals surface area contributed by atoms with Gasteiger partial charge < -0.3 is 10.1 Å². The van der Waals surface area contributed by atoms with Gasteiger partial charge in [0.05, 0.1) is 29.9 Å². The molecule has 0 fully saturated rings. The predicted octanol–water partition coefficient (Wildman–Crippen LogP) is 3.28. The molecule has 3 rings (SSSR count). The van der Waals surface area contributed by atoms with Crippen LogP contribution in [0.5, 0.6) is 5.88 Å². The predicted molar refractivity (Wildman–Crippen MR) is 108 cm³/mol. The highest BCUT2D eigenvalue weighted by molar-refractivity contribution is 5.77. The number of nitrogens with zero attached hydrogens (tertiary/aromatic N) is 4. The van der Waals surface area contributed by atoms with Crippen molar-refractivity contribution in [1.82, 2.24) is 25.1 Å². The number of hydrogen-bond donors (Lipinski definition) is 1. The Morgan fingerprint density at radius 1 is 1.21 bits per heavy atom. The molecule has 7 heteroatoms. The molecule has 1 atom stereocenters. The highest BCUT2D eigenvalue weighted by atomic mass is 16.5. The molecule has 148 valence electrons. The lowest BCUT2D eigenvalue weighted by Gasteiger charge is -2.15. The first kappa shape index (κ1) is 19.8. The molecule has 0 bridgehead atoms. The van der Waals surface area contributed by atoms with E-state index in [9.17, 15) is 4.79 Å². The number of carbonyl (C=O) groups excluding carboxylic acids is 1. The number of hydrogen-bond acceptors (Lipinski definition) is 5. The van der Waals surface area contributed by atoms with Crippen LogP contribution in [0.25, 0.3) is 11.0 Å². The van der Waals surface area contributed by atoms with Crippen LogP contribution in [-0.2, 0) is 17.8 Å². The lowest BCUT2D eigenvalue weighted by Crippen LogP contribution is -2.27. The monoisotopic (exact) mass is 381 g/mol. The van der Waals surface area contributed by atoms with Crippen LogP contribution < -0.4 is 10.1 Å². The number of para-hydroxylation sites is 2. The highest BCUT2D eigenvalue weighted by Crippen LogP contribution is 2.22. The van der Waals surface area contributed by atoms with Gasteiger partial charge in [0.15, 0.2) is 0 Å². The average molecular weight is 381 g/mol. The first-order valence-corrected chi connectivity index (χ1v) is 9.57. The van der Waals surface area contributed by atoms with Crippen LogP contribution in [-0.4, -0.2) is 32.8 Å². The first-order chi connectivity index (χ1) is 13.4. The maximum atomic E-state index is 12.5. The quantitative estimate of drug-likeness (QED) is 0.679. The molecule has 1 aromatic carbocycles. The number of aryl methyl sites for hydroxylation is 3.